The Balaban J connectivity index is 2.00. The predicted octanol–water partition coefficient (Wildman–Crippen LogP) is 0.367. The molecule has 2 heterocycles. The molecule has 3 amide bonds. The van der Waals surface area contributed by atoms with E-state index >= 15 is 0 Å². The third kappa shape index (κ3) is 1.72. The van der Waals surface area contributed by atoms with Gasteiger partial charge in [-0.3, -0.25) is 19.3 Å². The molecule has 0 spiro atoms. The molecule has 0 radical (unpaired) electrons. The highest BCUT2D eigenvalue weighted by Gasteiger charge is 2.34. The largest absolute Gasteiger partial charge is 0.320 e. The van der Waals surface area contributed by atoms with Crippen molar-refractivity contribution in [2.75, 3.05) is 18.5 Å². The van der Waals surface area contributed by atoms with Crippen LogP contribution < -0.4 is 10.6 Å². The Morgan fingerprint density at radius 3 is 2.60 bits per heavy atom. The van der Waals surface area contributed by atoms with Gasteiger partial charge in [0.2, 0.25) is 5.91 Å². The fourth-order valence-corrected chi connectivity index (χ4v) is 2.68. The van der Waals surface area contributed by atoms with Crippen LogP contribution in [0.15, 0.2) is 18.2 Å². The van der Waals surface area contributed by atoms with Crippen molar-refractivity contribution < 1.29 is 14.4 Å². The van der Waals surface area contributed by atoms with Gasteiger partial charge in [0.25, 0.3) is 11.8 Å². The predicted molar refractivity (Wildman–Crippen MR) is 72.4 cm³/mol. The standard InChI is InChI=1S/C14H15N3O3/c1-16-12(18)9-5-4-8(7-10(9)13(16)19)17-6-2-3-11(15)14(17)20/h4-5,7,11H,2-3,6,15H2,1H3. The Bertz CT molecular complexity index is 626. The van der Waals surface area contributed by atoms with Gasteiger partial charge < -0.3 is 10.6 Å². The fourth-order valence-electron chi connectivity index (χ4n) is 2.68. The van der Waals surface area contributed by atoms with Crippen molar-refractivity contribution in [3.05, 3.63) is 29.3 Å². The number of anilines is 1. The molecule has 0 aromatic heterocycles. The first-order valence-electron chi connectivity index (χ1n) is 6.54. The van der Waals surface area contributed by atoms with Gasteiger partial charge in [-0.2, -0.15) is 0 Å². The molecule has 1 unspecified atom stereocenters. The minimum atomic E-state index is -0.489. The summed E-state index contributed by atoms with van der Waals surface area (Å²) in [5.74, 6) is -0.778. The molecule has 0 aliphatic carbocycles. The van der Waals surface area contributed by atoms with Crippen LogP contribution in [-0.2, 0) is 4.79 Å². The van der Waals surface area contributed by atoms with E-state index < -0.39 is 6.04 Å². The van der Waals surface area contributed by atoms with Crippen LogP contribution in [0.5, 0.6) is 0 Å². The van der Waals surface area contributed by atoms with Crippen LogP contribution in [0.1, 0.15) is 33.6 Å². The van der Waals surface area contributed by atoms with Crippen molar-refractivity contribution in [3.8, 4) is 0 Å². The zero-order valence-corrected chi connectivity index (χ0v) is 11.1. The minimum Gasteiger partial charge on any atom is -0.320 e. The summed E-state index contributed by atoms with van der Waals surface area (Å²) < 4.78 is 0. The number of hydrogen-bond donors (Lipinski definition) is 1. The summed E-state index contributed by atoms with van der Waals surface area (Å²) in [4.78, 5) is 38.5. The molecule has 6 heteroatoms. The number of nitrogens with zero attached hydrogens (tertiary/aromatic N) is 2. The molecule has 2 aliphatic heterocycles. The quantitative estimate of drug-likeness (QED) is 0.749. The van der Waals surface area contributed by atoms with E-state index in [9.17, 15) is 14.4 Å². The number of carbonyl (C=O) groups excluding carboxylic acids is 3. The molecular weight excluding hydrogens is 258 g/mol. The topological polar surface area (TPSA) is 83.7 Å². The van der Waals surface area contributed by atoms with Crippen LogP contribution in [0.4, 0.5) is 5.69 Å². The van der Waals surface area contributed by atoms with E-state index in [2.05, 4.69) is 0 Å². The summed E-state index contributed by atoms with van der Waals surface area (Å²) >= 11 is 0. The number of amides is 3. The van der Waals surface area contributed by atoms with Crippen molar-refractivity contribution in [1.82, 2.24) is 4.90 Å². The summed E-state index contributed by atoms with van der Waals surface area (Å²) in [5, 5.41) is 0. The average Bonchev–Trinajstić information content (AvgIpc) is 2.67. The lowest BCUT2D eigenvalue weighted by Crippen LogP contribution is -2.48. The van der Waals surface area contributed by atoms with Gasteiger partial charge in [0.15, 0.2) is 0 Å². The second kappa shape index (κ2) is 4.42. The molecule has 20 heavy (non-hydrogen) atoms. The van der Waals surface area contributed by atoms with Crippen molar-refractivity contribution in [1.29, 1.82) is 0 Å². The summed E-state index contributed by atoms with van der Waals surface area (Å²) in [6.45, 7) is 0.587. The zero-order chi connectivity index (χ0) is 14.4. The Labute approximate surface area is 116 Å². The summed E-state index contributed by atoms with van der Waals surface area (Å²) in [7, 11) is 1.45. The van der Waals surface area contributed by atoms with E-state index in [1.807, 2.05) is 0 Å². The van der Waals surface area contributed by atoms with Crippen molar-refractivity contribution in [2.24, 2.45) is 5.73 Å². The highest BCUT2D eigenvalue weighted by molar-refractivity contribution is 6.21. The maximum atomic E-state index is 12.1. The molecule has 2 N–H and O–H groups in total. The highest BCUT2D eigenvalue weighted by Crippen LogP contribution is 2.28. The highest BCUT2D eigenvalue weighted by atomic mass is 16.2. The molecule has 1 aromatic carbocycles. The maximum Gasteiger partial charge on any atom is 0.261 e. The molecule has 6 nitrogen and oxygen atoms in total. The average molecular weight is 273 g/mol. The molecule has 104 valence electrons. The third-order valence-corrected chi connectivity index (χ3v) is 3.86. The molecule has 1 saturated heterocycles. The molecular formula is C14H15N3O3. The molecule has 2 aliphatic rings. The number of piperidine rings is 1. The molecule has 1 aromatic rings. The van der Waals surface area contributed by atoms with E-state index in [4.69, 9.17) is 5.73 Å². The molecule has 0 bridgehead atoms. The smallest absolute Gasteiger partial charge is 0.261 e. The van der Waals surface area contributed by atoms with Crippen LogP contribution in [-0.4, -0.2) is 42.3 Å². The van der Waals surface area contributed by atoms with E-state index in [-0.39, 0.29) is 17.7 Å². The first-order chi connectivity index (χ1) is 9.50. The van der Waals surface area contributed by atoms with E-state index in [0.29, 0.717) is 29.8 Å². The van der Waals surface area contributed by atoms with Crippen LogP contribution in [0.25, 0.3) is 0 Å². The zero-order valence-electron chi connectivity index (χ0n) is 11.1. The van der Waals surface area contributed by atoms with Crippen molar-refractivity contribution >= 4 is 23.4 Å². The Morgan fingerprint density at radius 1 is 1.15 bits per heavy atom. The summed E-state index contributed by atoms with van der Waals surface area (Å²) in [6, 6.07) is 4.41. The molecule has 0 saturated carbocycles. The number of imide groups is 1. The van der Waals surface area contributed by atoms with Crippen molar-refractivity contribution in [2.45, 2.75) is 18.9 Å². The van der Waals surface area contributed by atoms with Gasteiger partial charge >= 0.3 is 0 Å². The first kappa shape index (κ1) is 12.8. The Morgan fingerprint density at radius 2 is 1.85 bits per heavy atom. The molecule has 3 rings (SSSR count). The van der Waals surface area contributed by atoms with Gasteiger partial charge in [-0.1, -0.05) is 0 Å². The van der Waals surface area contributed by atoms with Crippen LogP contribution >= 0.6 is 0 Å². The maximum absolute atomic E-state index is 12.1. The lowest BCUT2D eigenvalue weighted by Gasteiger charge is -2.30. The Hall–Kier alpha value is -2.21. The molecule has 1 atom stereocenters. The fraction of sp³-hybridized carbons (Fsp3) is 0.357. The van der Waals surface area contributed by atoms with Crippen LogP contribution in [0, 0.1) is 0 Å². The van der Waals surface area contributed by atoms with Gasteiger partial charge in [-0.05, 0) is 31.0 Å². The van der Waals surface area contributed by atoms with Gasteiger partial charge in [0.05, 0.1) is 17.2 Å². The number of benzene rings is 1. The van der Waals surface area contributed by atoms with Crippen molar-refractivity contribution in [3.63, 3.8) is 0 Å². The monoisotopic (exact) mass is 273 g/mol. The van der Waals surface area contributed by atoms with Gasteiger partial charge in [-0.15, -0.1) is 0 Å². The van der Waals surface area contributed by atoms with Gasteiger partial charge in [0, 0.05) is 19.3 Å². The summed E-state index contributed by atoms with van der Waals surface area (Å²) in [6.07, 6.45) is 1.51. The lowest BCUT2D eigenvalue weighted by atomic mass is 10.0. The number of rotatable bonds is 1. The van der Waals surface area contributed by atoms with Gasteiger partial charge in [0.1, 0.15) is 0 Å². The number of hydrogen-bond acceptors (Lipinski definition) is 4. The Kier molecular flexibility index (Phi) is 2.83. The van der Waals surface area contributed by atoms with Crippen LogP contribution in [0.3, 0.4) is 0 Å². The van der Waals surface area contributed by atoms with E-state index in [0.717, 1.165) is 11.3 Å². The number of carbonyl (C=O) groups is 3. The van der Waals surface area contributed by atoms with E-state index in [1.54, 1.807) is 23.1 Å². The second-order valence-corrected chi connectivity index (χ2v) is 5.14. The SMILES string of the molecule is CN1C(=O)c2ccc(N3CCCC(N)C3=O)cc2C1=O. The lowest BCUT2D eigenvalue weighted by molar-refractivity contribution is -0.120. The third-order valence-electron chi connectivity index (χ3n) is 3.86. The number of nitrogens with two attached hydrogens (primary N) is 1. The minimum absolute atomic E-state index is 0.138. The second-order valence-electron chi connectivity index (χ2n) is 5.14. The van der Waals surface area contributed by atoms with E-state index in [1.165, 1.54) is 7.05 Å². The first-order valence-corrected chi connectivity index (χ1v) is 6.54. The number of fused-ring (bicyclic) bond motifs is 1. The molecule has 1 fully saturated rings. The normalized spacial score (nSPS) is 22.5. The van der Waals surface area contributed by atoms with Gasteiger partial charge in [-0.25, -0.2) is 0 Å². The van der Waals surface area contributed by atoms with Crippen LogP contribution in [0.2, 0.25) is 0 Å². The summed E-state index contributed by atoms with van der Waals surface area (Å²) in [5.41, 5.74) is 7.13.